The summed E-state index contributed by atoms with van der Waals surface area (Å²) in [5.74, 6) is -0.00669. The molecule has 0 aliphatic carbocycles. The molecule has 0 bridgehead atoms. The number of hydrogen-bond donors (Lipinski definition) is 0. The van der Waals surface area contributed by atoms with Crippen molar-refractivity contribution >= 4 is 0 Å². The van der Waals surface area contributed by atoms with Gasteiger partial charge in [0.1, 0.15) is 0 Å². The summed E-state index contributed by atoms with van der Waals surface area (Å²) in [5.41, 5.74) is -0.0438. The fraction of sp³-hybridized carbons (Fsp3) is 0.692. The summed E-state index contributed by atoms with van der Waals surface area (Å²) in [6.07, 6.45) is 1.18. The minimum Gasteiger partial charge on any atom is -0.166 e. The van der Waals surface area contributed by atoms with Crippen LogP contribution < -0.4 is 0 Å². The molecule has 0 saturated carbocycles. The average molecular weight is 234 g/mol. The summed E-state index contributed by atoms with van der Waals surface area (Å²) in [4.78, 5) is 0. The van der Waals surface area contributed by atoms with Crippen molar-refractivity contribution in [1.82, 2.24) is 0 Å². The Bertz CT molecular complexity index is 259. The van der Waals surface area contributed by atoms with E-state index >= 15 is 0 Å². The van der Waals surface area contributed by atoms with Crippen molar-refractivity contribution in [1.29, 1.82) is 0 Å². The minimum absolute atomic E-state index is 0.00669. The molecule has 0 heterocycles. The van der Waals surface area contributed by atoms with Gasteiger partial charge in [-0.2, -0.15) is 13.2 Å². The monoisotopic (exact) mass is 234 g/mol. The van der Waals surface area contributed by atoms with Gasteiger partial charge in [-0.3, -0.25) is 0 Å². The van der Waals surface area contributed by atoms with Crippen LogP contribution in [0.5, 0.6) is 0 Å². The molecule has 1 unspecified atom stereocenters. The van der Waals surface area contributed by atoms with E-state index in [2.05, 4.69) is 0 Å². The zero-order chi connectivity index (χ0) is 12.8. The van der Waals surface area contributed by atoms with Crippen LogP contribution in [0, 0.1) is 5.92 Å². The van der Waals surface area contributed by atoms with Gasteiger partial charge in [-0.05, 0) is 26.2 Å². The van der Waals surface area contributed by atoms with Gasteiger partial charge >= 0.3 is 6.18 Å². The molecule has 0 spiro atoms. The third-order valence-corrected chi connectivity index (χ3v) is 2.79. The Morgan fingerprint density at radius 3 is 2.25 bits per heavy atom. The molecule has 0 amide bonds. The molecule has 0 aromatic carbocycles. The molecule has 0 aliphatic heterocycles. The van der Waals surface area contributed by atoms with Crippen molar-refractivity contribution in [2.75, 3.05) is 0 Å². The van der Waals surface area contributed by atoms with Crippen LogP contribution in [0.3, 0.4) is 0 Å². The van der Waals surface area contributed by atoms with Gasteiger partial charge < -0.3 is 0 Å². The number of halogens is 3. The predicted octanol–water partition coefficient (Wildman–Crippen LogP) is 5.27. The highest BCUT2D eigenvalue weighted by atomic mass is 19.4. The smallest absolute Gasteiger partial charge is 0.166 e. The highest BCUT2D eigenvalue weighted by Crippen LogP contribution is 2.33. The van der Waals surface area contributed by atoms with E-state index in [1.54, 1.807) is 13.8 Å². The molecule has 16 heavy (non-hydrogen) atoms. The molecule has 1 atom stereocenters. The average Bonchev–Trinajstić information content (AvgIpc) is 2.19. The SMILES string of the molecule is C/C=C\C(=C(/C)C(C)CCCC)C(F)(F)F. The summed E-state index contributed by atoms with van der Waals surface area (Å²) in [6.45, 7) is 7.10. The Balaban J connectivity index is 4.96. The lowest BCUT2D eigenvalue weighted by Gasteiger charge is -2.17. The zero-order valence-corrected chi connectivity index (χ0v) is 10.5. The van der Waals surface area contributed by atoms with Crippen LogP contribution >= 0.6 is 0 Å². The topological polar surface area (TPSA) is 0 Å². The fourth-order valence-corrected chi connectivity index (χ4v) is 1.61. The van der Waals surface area contributed by atoms with Gasteiger partial charge in [-0.15, -0.1) is 0 Å². The van der Waals surface area contributed by atoms with Crippen molar-refractivity contribution in [3.63, 3.8) is 0 Å². The van der Waals surface area contributed by atoms with Gasteiger partial charge in [-0.1, -0.05) is 44.4 Å². The van der Waals surface area contributed by atoms with E-state index in [9.17, 15) is 13.2 Å². The van der Waals surface area contributed by atoms with Crippen molar-refractivity contribution in [3.8, 4) is 0 Å². The Hall–Kier alpha value is -0.730. The van der Waals surface area contributed by atoms with E-state index in [0.29, 0.717) is 5.57 Å². The van der Waals surface area contributed by atoms with E-state index in [-0.39, 0.29) is 5.92 Å². The number of rotatable bonds is 5. The predicted molar refractivity (Wildman–Crippen MR) is 62.3 cm³/mol. The molecule has 0 N–H and O–H groups in total. The molecule has 0 fully saturated rings. The number of allylic oxidation sites excluding steroid dienone is 4. The molecule has 0 aromatic heterocycles. The second-order valence-electron chi connectivity index (χ2n) is 4.14. The van der Waals surface area contributed by atoms with E-state index < -0.39 is 11.7 Å². The Morgan fingerprint density at radius 2 is 1.88 bits per heavy atom. The first-order chi connectivity index (χ1) is 7.34. The quantitative estimate of drug-likeness (QED) is 0.568. The van der Waals surface area contributed by atoms with Crippen molar-refractivity contribution in [3.05, 3.63) is 23.3 Å². The van der Waals surface area contributed by atoms with Gasteiger partial charge in [-0.25, -0.2) is 0 Å². The second-order valence-corrected chi connectivity index (χ2v) is 4.14. The van der Waals surface area contributed by atoms with Crippen molar-refractivity contribution in [2.24, 2.45) is 5.92 Å². The molecule has 0 rings (SSSR count). The molecule has 0 nitrogen and oxygen atoms in total. The highest BCUT2D eigenvalue weighted by Gasteiger charge is 2.34. The summed E-state index contributed by atoms with van der Waals surface area (Å²) in [6, 6.07) is 0. The molecular weight excluding hydrogens is 213 g/mol. The zero-order valence-electron chi connectivity index (χ0n) is 10.5. The van der Waals surface area contributed by atoms with E-state index in [4.69, 9.17) is 0 Å². The fourth-order valence-electron chi connectivity index (χ4n) is 1.61. The van der Waals surface area contributed by atoms with Crippen LogP contribution in [0.2, 0.25) is 0 Å². The van der Waals surface area contributed by atoms with Crippen molar-refractivity contribution in [2.45, 2.75) is 53.1 Å². The minimum atomic E-state index is -4.24. The Labute approximate surface area is 96.2 Å². The molecule has 3 heteroatoms. The van der Waals surface area contributed by atoms with Crippen LogP contribution in [0.1, 0.15) is 47.0 Å². The first-order valence-corrected chi connectivity index (χ1v) is 5.75. The van der Waals surface area contributed by atoms with Crippen LogP contribution in [0.4, 0.5) is 13.2 Å². The number of alkyl halides is 3. The van der Waals surface area contributed by atoms with E-state index in [0.717, 1.165) is 25.3 Å². The lowest BCUT2D eigenvalue weighted by atomic mass is 9.92. The standard InChI is InChI=1S/C13H21F3/c1-5-7-9-10(3)11(4)12(8-6-2)13(14,15)16/h6,8,10H,5,7,9H2,1-4H3/b8-6-,12-11-. The maximum atomic E-state index is 12.7. The first-order valence-electron chi connectivity index (χ1n) is 5.75. The largest absolute Gasteiger partial charge is 0.416 e. The van der Waals surface area contributed by atoms with E-state index in [1.165, 1.54) is 6.08 Å². The third kappa shape index (κ3) is 4.86. The van der Waals surface area contributed by atoms with Gasteiger partial charge in [0.2, 0.25) is 0 Å². The van der Waals surface area contributed by atoms with Crippen LogP contribution in [-0.2, 0) is 0 Å². The summed E-state index contributed by atoms with van der Waals surface area (Å²) in [7, 11) is 0. The number of unbranched alkanes of at least 4 members (excludes halogenated alkanes) is 1. The normalized spacial score (nSPS) is 16.4. The third-order valence-electron chi connectivity index (χ3n) is 2.79. The number of hydrogen-bond acceptors (Lipinski definition) is 0. The molecule has 94 valence electrons. The molecule has 0 aliphatic rings. The highest BCUT2D eigenvalue weighted by molar-refractivity contribution is 5.30. The molecule has 0 saturated heterocycles. The maximum absolute atomic E-state index is 12.7. The van der Waals surface area contributed by atoms with Gasteiger partial charge in [0.15, 0.2) is 0 Å². The van der Waals surface area contributed by atoms with Gasteiger partial charge in [0.25, 0.3) is 0 Å². The van der Waals surface area contributed by atoms with Crippen LogP contribution in [0.25, 0.3) is 0 Å². The Morgan fingerprint density at radius 1 is 1.31 bits per heavy atom. The maximum Gasteiger partial charge on any atom is 0.416 e. The summed E-state index contributed by atoms with van der Waals surface area (Å²) < 4.78 is 38.2. The van der Waals surface area contributed by atoms with Crippen molar-refractivity contribution < 1.29 is 13.2 Å². The second kappa shape index (κ2) is 6.77. The van der Waals surface area contributed by atoms with E-state index in [1.807, 2.05) is 13.8 Å². The van der Waals surface area contributed by atoms with Crippen LogP contribution in [0.15, 0.2) is 23.3 Å². The van der Waals surface area contributed by atoms with Crippen LogP contribution in [-0.4, -0.2) is 6.18 Å². The summed E-state index contributed by atoms with van der Waals surface area (Å²) >= 11 is 0. The van der Waals surface area contributed by atoms with Gasteiger partial charge in [0.05, 0.1) is 5.57 Å². The van der Waals surface area contributed by atoms with Gasteiger partial charge in [0, 0.05) is 0 Å². The molecule has 0 aromatic rings. The first kappa shape index (κ1) is 15.3. The Kier molecular flexibility index (Phi) is 6.46. The lowest BCUT2D eigenvalue weighted by molar-refractivity contribution is -0.0894. The summed E-state index contributed by atoms with van der Waals surface area (Å²) in [5, 5.41) is 0. The lowest BCUT2D eigenvalue weighted by Crippen LogP contribution is -2.14. The molecular formula is C13H21F3. The molecule has 0 radical (unpaired) electrons.